The topological polar surface area (TPSA) is 37.6 Å². The van der Waals surface area contributed by atoms with Crippen LogP contribution in [0.15, 0.2) is 48.8 Å². The van der Waals surface area contributed by atoms with E-state index in [-0.39, 0.29) is 11.8 Å². The molecule has 0 aliphatic carbocycles. The lowest BCUT2D eigenvalue weighted by Gasteiger charge is -2.19. The van der Waals surface area contributed by atoms with E-state index < -0.39 is 0 Å². The fourth-order valence-corrected chi connectivity index (χ4v) is 3.18. The first-order valence-corrected chi connectivity index (χ1v) is 8.02. The van der Waals surface area contributed by atoms with Gasteiger partial charge in [-0.2, -0.15) is 0 Å². The fourth-order valence-electron chi connectivity index (χ4n) is 3.18. The smallest absolute Gasteiger partial charge is 0.229 e. The summed E-state index contributed by atoms with van der Waals surface area (Å²) in [6, 6.07) is 12.3. The van der Waals surface area contributed by atoms with Crippen molar-refractivity contribution in [3.63, 3.8) is 0 Å². The Labute approximate surface area is 135 Å². The lowest BCUT2D eigenvalue weighted by molar-refractivity contribution is -0.121. The minimum Gasteiger partial charge on any atom is -0.312 e. The number of benzene rings is 1. The highest BCUT2D eigenvalue weighted by Crippen LogP contribution is 2.33. The quantitative estimate of drug-likeness (QED) is 0.726. The van der Waals surface area contributed by atoms with Crippen molar-refractivity contribution in [1.82, 2.24) is 9.38 Å². The van der Waals surface area contributed by atoms with Crippen molar-refractivity contribution in [3.8, 4) is 11.3 Å². The van der Waals surface area contributed by atoms with Gasteiger partial charge in [-0.25, -0.2) is 4.98 Å². The molecule has 0 unspecified atom stereocenters. The predicted molar refractivity (Wildman–Crippen MR) is 91.5 cm³/mol. The Morgan fingerprint density at radius 2 is 2.09 bits per heavy atom. The normalized spacial score (nSPS) is 13.8. The molecule has 4 nitrogen and oxygen atoms in total. The minimum absolute atomic E-state index is 0.0269. The molecule has 0 atom stereocenters. The number of anilines is 1. The van der Waals surface area contributed by atoms with E-state index in [9.17, 15) is 4.79 Å². The molecule has 0 saturated heterocycles. The van der Waals surface area contributed by atoms with E-state index in [2.05, 4.69) is 23.2 Å². The van der Waals surface area contributed by atoms with Gasteiger partial charge in [-0.05, 0) is 36.2 Å². The van der Waals surface area contributed by atoms with Crippen LogP contribution in [0.2, 0.25) is 0 Å². The van der Waals surface area contributed by atoms with Crippen LogP contribution >= 0.6 is 0 Å². The maximum atomic E-state index is 12.3. The summed E-state index contributed by atoms with van der Waals surface area (Å²) in [7, 11) is 0. The summed E-state index contributed by atoms with van der Waals surface area (Å²) in [4.78, 5) is 18.9. The molecule has 2 aromatic heterocycles. The van der Waals surface area contributed by atoms with Crippen LogP contribution in [0.5, 0.6) is 0 Å². The van der Waals surface area contributed by atoms with Crippen LogP contribution in [0, 0.1) is 5.92 Å². The van der Waals surface area contributed by atoms with Crippen molar-refractivity contribution in [2.24, 2.45) is 5.92 Å². The van der Waals surface area contributed by atoms with Gasteiger partial charge < -0.3 is 9.30 Å². The minimum atomic E-state index is 0.0269. The third kappa shape index (κ3) is 2.31. The number of aromatic nitrogens is 2. The zero-order chi connectivity index (χ0) is 16.0. The Kier molecular flexibility index (Phi) is 3.18. The van der Waals surface area contributed by atoms with E-state index in [1.807, 2.05) is 53.7 Å². The summed E-state index contributed by atoms with van der Waals surface area (Å²) in [6.45, 7) is 4.68. The number of pyridine rings is 1. The van der Waals surface area contributed by atoms with E-state index in [4.69, 9.17) is 0 Å². The molecule has 0 bridgehead atoms. The number of imidazole rings is 1. The number of amides is 1. The summed E-state index contributed by atoms with van der Waals surface area (Å²) in [5.74, 6) is 0.225. The van der Waals surface area contributed by atoms with Gasteiger partial charge in [0, 0.05) is 36.1 Å². The molecule has 3 aromatic rings. The molecule has 116 valence electrons. The molecular weight excluding hydrogens is 286 g/mol. The molecule has 0 radical (unpaired) electrons. The Hall–Kier alpha value is -2.62. The Morgan fingerprint density at radius 1 is 1.22 bits per heavy atom. The highest BCUT2D eigenvalue weighted by atomic mass is 16.2. The maximum Gasteiger partial charge on any atom is 0.229 e. The molecular formula is C19H19N3O. The summed E-state index contributed by atoms with van der Waals surface area (Å²) >= 11 is 0. The Morgan fingerprint density at radius 3 is 2.87 bits per heavy atom. The Balaban J connectivity index is 1.72. The lowest BCUT2D eigenvalue weighted by atomic mass is 10.1. The molecule has 4 rings (SSSR count). The second-order valence-corrected chi connectivity index (χ2v) is 6.33. The monoisotopic (exact) mass is 305 g/mol. The van der Waals surface area contributed by atoms with Crippen molar-refractivity contribution >= 4 is 17.2 Å². The van der Waals surface area contributed by atoms with Gasteiger partial charge in [-0.3, -0.25) is 4.79 Å². The molecule has 1 aliphatic rings. The largest absolute Gasteiger partial charge is 0.312 e. The number of hydrogen-bond acceptors (Lipinski definition) is 2. The number of carbonyl (C=O) groups excluding carboxylic acids is 1. The van der Waals surface area contributed by atoms with Crippen molar-refractivity contribution in [2.45, 2.75) is 20.3 Å². The van der Waals surface area contributed by atoms with Crippen molar-refractivity contribution < 1.29 is 4.79 Å². The van der Waals surface area contributed by atoms with Gasteiger partial charge in [0.1, 0.15) is 5.65 Å². The van der Waals surface area contributed by atoms with E-state index >= 15 is 0 Å². The maximum absolute atomic E-state index is 12.3. The number of hydrogen-bond donors (Lipinski definition) is 0. The summed E-state index contributed by atoms with van der Waals surface area (Å²) in [5, 5.41) is 0. The van der Waals surface area contributed by atoms with Crippen molar-refractivity contribution in [3.05, 3.63) is 54.4 Å². The fraction of sp³-hybridized carbons (Fsp3) is 0.263. The van der Waals surface area contributed by atoms with Gasteiger partial charge in [-0.15, -0.1) is 0 Å². The standard InChI is InChI=1S/C19H19N3O/c1-13(2)19(23)22-10-8-15-11-14(6-7-17(15)22)16-12-21-9-4-3-5-18(21)20-16/h3-7,9,11-13H,8,10H2,1-2H3. The van der Waals surface area contributed by atoms with Crippen LogP contribution < -0.4 is 4.90 Å². The lowest BCUT2D eigenvalue weighted by Crippen LogP contribution is -2.32. The van der Waals surface area contributed by atoms with E-state index in [1.54, 1.807) is 0 Å². The SMILES string of the molecule is CC(C)C(=O)N1CCc2cc(-c3cn4ccccc4n3)ccc21. The van der Waals surface area contributed by atoms with Crippen LogP contribution in [-0.4, -0.2) is 21.8 Å². The average Bonchev–Trinajstić information content (AvgIpc) is 3.17. The third-order valence-electron chi connectivity index (χ3n) is 4.39. The molecule has 1 amide bonds. The summed E-state index contributed by atoms with van der Waals surface area (Å²) < 4.78 is 2.02. The van der Waals surface area contributed by atoms with Crippen LogP contribution in [0.3, 0.4) is 0 Å². The second kappa shape index (κ2) is 5.23. The molecule has 0 N–H and O–H groups in total. The van der Waals surface area contributed by atoms with Gasteiger partial charge in [0.05, 0.1) is 5.69 Å². The number of rotatable bonds is 2. The number of nitrogens with zero attached hydrogens (tertiary/aromatic N) is 3. The van der Waals surface area contributed by atoms with E-state index in [0.717, 1.165) is 35.6 Å². The van der Waals surface area contributed by atoms with E-state index in [1.165, 1.54) is 5.56 Å². The number of carbonyl (C=O) groups is 1. The first kappa shape index (κ1) is 14.0. The van der Waals surface area contributed by atoms with Gasteiger partial charge in [-0.1, -0.05) is 26.0 Å². The Bertz CT molecular complexity index is 862. The molecule has 23 heavy (non-hydrogen) atoms. The molecule has 4 heteroatoms. The molecule has 0 saturated carbocycles. The zero-order valence-corrected chi connectivity index (χ0v) is 13.4. The first-order chi connectivity index (χ1) is 11.1. The third-order valence-corrected chi connectivity index (χ3v) is 4.39. The molecule has 1 aromatic carbocycles. The molecule has 3 heterocycles. The average molecular weight is 305 g/mol. The first-order valence-electron chi connectivity index (χ1n) is 8.02. The molecule has 0 fully saturated rings. The van der Waals surface area contributed by atoms with Gasteiger partial charge >= 0.3 is 0 Å². The van der Waals surface area contributed by atoms with Crippen LogP contribution in [-0.2, 0) is 11.2 Å². The molecule has 1 aliphatic heterocycles. The number of fused-ring (bicyclic) bond motifs is 2. The van der Waals surface area contributed by atoms with Gasteiger partial charge in [0.15, 0.2) is 0 Å². The second-order valence-electron chi connectivity index (χ2n) is 6.33. The van der Waals surface area contributed by atoms with Gasteiger partial charge in [0.2, 0.25) is 5.91 Å². The highest BCUT2D eigenvalue weighted by Gasteiger charge is 2.26. The summed E-state index contributed by atoms with van der Waals surface area (Å²) in [5.41, 5.74) is 5.29. The highest BCUT2D eigenvalue weighted by molar-refractivity contribution is 5.97. The van der Waals surface area contributed by atoms with Crippen molar-refractivity contribution in [2.75, 3.05) is 11.4 Å². The zero-order valence-electron chi connectivity index (χ0n) is 13.4. The predicted octanol–water partition coefficient (Wildman–Crippen LogP) is 3.55. The summed E-state index contributed by atoms with van der Waals surface area (Å²) in [6.07, 6.45) is 4.96. The van der Waals surface area contributed by atoms with Gasteiger partial charge in [0.25, 0.3) is 0 Å². The van der Waals surface area contributed by atoms with Crippen LogP contribution in [0.25, 0.3) is 16.9 Å². The van der Waals surface area contributed by atoms with Crippen molar-refractivity contribution in [1.29, 1.82) is 0 Å². The van der Waals surface area contributed by atoms with E-state index in [0.29, 0.717) is 0 Å². The molecule has 0 spiro atoms. The van der Waals surface area contributed by atoms with Crippen LogP contribution in [0.4, 0.5) is 5.69 Å². The van der Waals surface area contributed by atoms with Crippen LogP contribution in [0.1, 0.15) is 19.4 Å².